The van der Waals surface area contributed by atoms with Gasteiger partial charge >= 0.3 is 6.09 Å². The molecular formula is C23H38IN5O2. The number of aliphatic imine (C=N–C) groups is 1. The summed E-state index contributed by atoms with van der Waals surface area (Å²) < 4.78 is 5.64. The number of pyridine rings is 1. The average Bonchev–Trinajstić information content (AvgIpc) is 2.93. The van der Waals surface area contributed by atoms with Crippen molar-refractivity contribution in [3.05, 3.63) is 29.6 Å². The zero-order valence-corrected chi connectivity index (χ0v) is 21.8. The summed E-state index contributed by atoms with van der Waals surface area (Å²) in [6.07, 6.45) is 8.44. The van der Waals surface area contributed by atoms with Crippen LogP contribution in [0.4, 0.5) is 4.79 Å². The number of ether oxygens (including phenoxy) is 1. The highest BCUT2D eigenvalue weighted by atomic mass is 127. The summed E-state index contributed by atoms with van der Waals surface area (Å²) in [5.41, 5.74) is 2.04. The molecule has 2 aliphatic heterocycles. The van der Waals surface area contributed by atoms with Gasteiger partial charge in [0, 0.05) is 43.6 Å². The second-order valence-corrected chi connectivity index (χ2v) is 9.40. The molecule has 8 heteroatoms. The summed E-state index contributed by atoms with van der Waals surface area (Å²) in [6, 6.07) is 2.88. The van der Waals surface area contributed by atoms with Gasteiger partial charge in [0.1, 0.15) is 5.60 Å². The number of nitrogens with zero attached hydrogens (tertiary/aromatic N) is 3. The van der Waals surface area contributed by atoms with Crippen molar-refractivity contribution in [1.82, 2.24) is 20.5 Å². The SMILES string of the molecule is CCNC(=NCCc1ccncc1C)NC1CC2CCC(C1)N2C(=O)OC(C)(C)C.I. The number of halogens is 1. The lowest BCUT2D eigenvalue weighted by atomic mass is 9.98. The lowest BCUT2D eigenvalue weighted by Gasteiger charge is -2.40. The van der Waals surface area contributed by atoms with Crippen LogP contribution in [-0.2, 0) is 11.2 Å². The van der Waals surface area contributed by atoms with Crippen LogP contribution in [0.3, 0.4) is 0 Å². The molecule has 0 radical (unpaired) electrons. The monoisotopic (exact) mass is 543 g/mol. The van der Waals surface area contributed by atoms with Gasteiger partial charge in [0.2, 0.25) is 0 Å². The highest BCUT2D eigenvalue weighted by molar-refractivity contribution is 14.0. The number of piperidine rings is 1. The van der Waals surface area contributed by atoms with Crippen molar-refractivity contribution in [3.8, 4) is 0 Å². The van der Waals surface area contributed by atoms with Crippen molar-refractivity contribution in [2.45, 2.75) is 90.4 Å². The zero-order chi connectivity index (χ0) is 21.7. The van der Waals surface area contributed by atoms with E-state index in [1.165, 1.54) is 11.1 Å². The lowest BCUT2D eigenvalue weighted by molar-refractivity contribution is 0.00545. The standard InChI is InChI=1S/C23H37N5O2.HI/c1-6-25-21(26-12-10-17-9-11-24-15-16(17)2)27-18-13-19-7-8-20(14-18)28(19)22(29)30-23(3,4)5;/h9,11,15,18-20H,6-8,10,12-14H2,1-5H3,(H2,25,26,27);1H. The molecule has 2 aliphatic rings. The third-order valence-electron chi connectivity index (χ3n) is 5.81. The fourth-order valence-electron chi connectivity index (χ4n) is 4.49. The number of aromatic nitrogens is 1. The van der Waals surface area contributed by atoms with Crippen LogP contribution in [0.1, 0.15) is 64.5 Å². The Morgan fingerprint density at radius 1 is 1.29 bits per heavy atom. The van der Waals surface area contributed by atoms with E-state index in [4.69, 9.17) is 9.73 Å². The van der Waals surface area contributed by atoms with Gasteiger partial charge in [-0.05, 0) is 83.9 Å². The maximum absolute atomic E-state index is 12.7. The van der Waals surface area contributed by atoms with E-state index in [0.717, 1.165) is 51.2 Å². The number of hydrogen-bond donors (Lipinski definition) is 2. The number of nitrogens with one attached hydrogen (secondary N) is 2. The Morgan fingerprint density at radius 3 is 2.55 bits per heavy atom. The van der Waals surface area contributed by atoms with Crippen molar-refractivity contribution in [1.29, 1.82) is 0 Å². The van der Waals surface area contributed by atoms with Gasteiger partial charge in [-0.1, -0.05) is 0 Å². The van der Waals surface area contributed by atoms with E-state index >= 15 is 0 Å². The molecule has 2 saturated heterocycles. The average molecular weight is 543 g/mol. The van der Waals surface area contributed by atoms with Crippen LogP contribution >= 0.6 is 24.0 Å². The van der Waals surface area contributed by atoms with Crippen LogP contribution in [0.5, 0.6) is 0 Å². The molecule has 3 rings (SSSR count). The Balaban J connectivity index is 0.00000341. The van der Waals surface area contributed by atoms with E-state index in [1.807, 2.05) is 38.1 Å². The van der Waals surface area contributed by atoms with Crippen LogP contribution < -0.4 is 10.6 Å². The van der Waals surface area contributed by atoms with Gasteiger partial charge in [0.15, 0.2) is 5.96 Å². The molecule has 2 bridgehead atoms. The van der Waals surface area contributed by atoms with Gasteiger partial charge in [-0.2, -0.15) is 0 Å². The summed E-state index contributed by atoms with van der Waals surface area (Å²) >= 11 is 0. The third kappa shape index (κ3) is 7.22. The highest BCUT2D eigenvalue weighted by Crippen LogP contribution is 2.36. The maximum atomic E-state index is 12.7. The highest BCUT2D eigenvalue weighted by Gasteiger charge is 2.45. The minimum atomic E-state index is -0.455. The van der Waals surface area contributed by atoms with Gasteiger partial charge in [-0.15, -0.1) is 24.0 Å². The Labute approximate surface area is 203 Å². The van der Waals surface area contributed by atoms with E-state index in [-0.39, 0.29) is 42.2 Å². The number of carbonyl (C=O) groups is 1. The molecule has 0 aliphatic carbocycles. The molecule has 2 unspecified atom stereocenters. The maximum Gasteiger partial charge on any atom is 0.410 e. The van der Waals surface area contributed by atoms with Crippen molar-refractivity contribution >= 4 is 36.0 Å². The minimum Gasteiger partial charge on any atom is -0.444 e. The molecule has 0 aromatic carbocycles. The first-order chi connectivity index (χ1) is 14.3. The first-order valence-corrected chi connectivity index (χ1v) is 11.2. The second kappa shape index (κ2) is 11.3. The van der Waals surface area contributed by atoms with Gasteiger partial charge in [-0.25, -0.2) is 4.79 Å². The molecule has 0 saturated carbocycles. The Morgan fingerprint density at radius 2 is 1.97 bits per heavy atom. The summed E-state index contributed by atoms with van der Waals surface area (Å²) in [4.78, 5) is 23.6. The van der Waals surface area contributed by atoms with Crippen LogP contribution in [0.15, 0.2) is 23.5 Å². The zero-order valence-electron chi connectivity index (χ0n) is 19.5. The van der Waals surface area contributed by atoms with Crippen molar-refractivity contribution in [2.24, 2.45) is 4.99 Å². The lowest BCUT2D eigenvalue weighted by Crippen LogP contribution is -2.55. The van der Waals surface area contributed by atoms with Crippen LogP contribution in [0.25, 0.3) is 0 Å². The molecular weight excluding hydrogens is 505 g/mol. The van der Waals surface area contributed by atoms with E-state index in [9.17, 15) is 4.79 Å². The summed E-state index contributed by atoms with van der Waals surface area (Å²) in [5.74, 6) is 0.860. The molecule has 31 heavy (non-hydrogen) atoms. The predicted octanol–water partition coefficient (Wildman–Crippen LogP) is 4.04. The summed E-state index contributed by atoms with van der Waals surface area (Å²) in [7, 11) is 0. The first-order valence-electron chi connectivity index (χ1n) is 11.2. The molecule has 2 atom stereocenters. The number of rotatable bonds is 5. The van der Waals surface area contributed by atoms with Crippen LogP contribution in [0, 0.1) is 6.92 Å². The van der Waals surface area contributed by atoms with E-state index < -0.39 is 5.60 Å². The molecule has 7 nitrogen and oxygen atoms in total. The van der Waals surface area contributed by atoms with Gasteiger partial charge in [-0.3, -0.25) is 9.98 Å². The predicted molar refractivity (Wildman–Crippen MR) is 135 cm³/mol. The molecule has 1 aromatic heterocycles. The van der Waals surface area contributed by atoms with Crippen molar-refractivity contribution in [2.75, 3.05) is 13.1 Å². The second-order valence-electron chi connectivity index (χ2n) is 9.40. The number of hydrogen-bond acceptors (Lipinski definition) is 4. The fourth-order valence-corrected chi connectivity index (χ4v) is 4.49. The van der Waals surface area contributed by atoms with Crippen molar-refractivity contribution < 1.29 is 9.53 Å². The normalized spacial score (nSPS) is 23.2. The molecule has 1 amide bonds. The first kappa shape index (κ1) is 25.7. The Kier molecular flexibility index (Phi) is 9.39. The van der Waals surface area contributed by atoms with Crippen LogP contribution in [-0.4, -0.2) is 58.8 Å². The largest absolute Gasteiger partial charge is 0.444 e. The number of carbonyl (C=O) groups excluding carboxylic acids is 1. The van der Waals surface area contributed by atoms with Crippen LogP contribution in [0.2, 0.25) is 0 Å². The van der Waals surface area contributed by atoms with Gasteiger partial charge in [0.25, 0.3) is 0 Å². The topological polar surface area (TPSA) is 78.9 Å². The van der Waals surface area contributed by atoms with Gasteiger partial charge < -0.3 is 20.3 Å². The minimum absolute atomic E-state index is 0. The summed E-state index contributed by atoms with van der Waals surface area (Å²) in [6.45, 7) is 11.5. The van der Waals surface area contributed by atoms with E-state index in [1.54, 1.807) is 0 Å². The third-order valence-corrected chi connectivity index (χ3v) is 5.81. The van der Waals surface area contributed by atoms with E-state index in [0.29, 0.717) is 6.04 Å². The quantitative estimate of drug-likeness (QED) is 0.333. The number of aryl methyl sites for hydroxylation is 1. The Hall–Kier alpha value is -1.58. The molecule has 2 N–H and O–H groups in total. The smallest absolute Gasteiger partial charge is 0.410 e. The molecule has 0 spiro atoms. The molecule has 174 valence electrons. The van der Waals surface area contributed by atoms with Crippen molar-refractivity contribution in [3.63, 3.8) is 0 Å². The fraction of sp³-hybridized carbons (Fsp3) is 0.696. The number of amides is 1. The number of guanidine groups is 1. The van der Waals surface area contributed by atoms with E-state index in [2.05, 4.69) is 35.5 Å². The molecule has 1 aromatic rings. The molecule has 2 fully saturated rings. The summed E-state index contributed by atoms with van der Waals surface area (Å²) in [5, 5.41) is 6.98. The Bertz CT molecular complexity index is 751. The number of fused-ring (bicyclic) bond motifs is 2. The van der Waals surface area contributed by atoms with Gasteiger partial charge in [0.05, 0.1) is 0 Å². The molecule has 3 heterocycles.